The molecule has 0 radical (unpaired) electrons. The van der Waals surface area contributed by atoms with Crippen molar-refractivity contribution < 1.29 is 9.84 Å². The summed E-state index contributed by atoms with van der Waals surface area (Å²) in [6.45, 7) is 2.16. The molecule has 0 saturated heterocycles. The summed E-state index contributed by atoms with van der Waals surface area (Å²) in [5, 5.41) is 13.0. The van der Waals surface area contributed by atoms with Gasteiger partial charge in [-0.05, 0) is 25.6 Å². The van der Waals surface area contributed by atoms with E-state index in [0.29, 0.717) is 18.8 Å². The number of phenols is 1. The highest BCUT2D eigenvalue weighted by Gasteiger charge is 2.05. The quantitative estimate of drug-likeness (QED) is 0.609. The fourth-order valence-corrected chi connectivity index (χ4v) is 1.33. The van der Waals surface area contributed by atoms with Crippen LogP contribution < -0.4 is 15.8 Å². The fraction of sp³-hybridized carbons (Fsp3) is 0.455. The first-order valence-corrected chi connectivity index (χ1v) is 5.05. The van der Waals surface area contributed by atoms with Gasteiger partial charge >= 0.3 is 0 Å². The van der Waals surface area contributed by atoms with Gasteiger partial charge in [0.1, 0.15) is 0 Å². The zero-order chi connectivity index (χ0) is 11.1. The van der Waals surface area contributed by atoms with Crippen molar-refractivity contribution in [1.82, 2.24) is 5.32 Å². The van der Waals surface area contributed by atoms with Gasteiger partial charge in [-0.2, -0.15) is 0 Å². The summed E-state index contributed by atoms with van der Waals surface area (Å²) in [7, 11) is 1.54. The minimum Gasteiger partial charge on any atom is -0.504 e. The molecule has 0 atom stereocenters. The number of methoxy groups -OCH3 is 1. The fourth-order valence-electron chi connectivity index (χ4n) is 1.33. The summed E-state index contributed by atoms with van der Waals surface area (Å²) in [4.78, 5) is 0. The minimum absolute atomic E-state index is 0.209. The maximum absolute atomic E-state index is 9.76. The number of hydrogen-bond acceptors (Lipinski definition) is 4. The number of ether oxygens (including phenoxy) is 1. The molecule has 1 aromatic carbocycles. The monoisotopic (exact) mass is 210 g/mol. The van der Waals surface area contributed by atoms with Crippen molar-refractivity contribution in [3.8, 4) is 11.5 Å². The normalized spacial score (nSPS) is 10.3. The number of phenolic OH excluding ortho intramolecular Hbond substituents is 1. The second-order valence-corrected chi connectivity index (χ2v) is 3.29. The van der Waals surface area contributed by atoms with Crippen molar-refractivity contribution in [2.75, 3.05) is 20.2 Å². The van der Waals surface area contributed by atoms with Gasteiger partial charge in [-0.1, -0.05) is 12.1 Å². The number of hydrogen-bond donors (Lipinski definition) is 3. The van der Waals surface area contributed by atoms with E-state index in [1.165, 1.54) is 0 Å². The lowest BCUT2D eigenvalue weighted by molar-refractivity contribution is 0.369. The Bertz CT molecular complexity index is 303. The molecule has 0 aliphatic rings. The smallest absolute Gasteiger partial charge is 0.162 e. The number of aromatic hydroxyl groups is 1. The van der Waals surface area contributed by atoms with Crippen molar-refractivity contribution >= 4 is 0 Å². The van der Waals surface area contributed by atoms with Crippen molar-refractivity contribution in [3.05, 3.63) is 23.8 Å². The van der Waals surface area contributed by atoms with E-state index < -0.39 is 0 Å². The summed E-state index contributed by atoms with van der Waals surface area (Å²) in [6, 6.07) is 5.46. The van der Waals surface area contributed by atoms with E-state index in [1.54, 1.807) is 13.2 Å². The molecule has 15 heavy (non-hydrogen) atoms. The zero-order valence-electron chi connectivity index (χ0n) is 8.99. The Labute approximate surface area is 90.1 Å². The third-order valence-electron chi connectivity index (χ3n) is 2.18. The van der Waals surface area contributed by atoms with Crippen LogP contribution in [0.25, 0.3) is 0 Å². The predicted molar refractivity (Wildman–Crippen MR) is 60.0 cm³/mol. The molecule has 0 aromatic heterocycles. The molecule has 0 spiro atoms. The van der Waals surface area contributed by atoms with E-state index in [4.69, 9.17) is 10.5 Å². The van der Waals surface area contributed by atoms with Crippen LogP contribution in [-0.2, 0) is 6.54 Å². The van der Waals surface area contributed by atoms with E-state index in [1.807, 2.05) is 12.1 Å². The lowest BCUT2D eigenvalue weighted by Gasteiger charge is -2.09. The molecule has 0 saturated carbocycles. The van der Waals surface area contributed by atoms with E-state index in [0.717, 1.165) is 18.5 Å². The summed E-state index contributed by atoms with van der Waals surface area (Å²) < 4.78 is 5.02. The van der Waals surface area contributed by atoms with E-state index >= 15 is 0 Å². The van der Waals surface area contributed by atoms with Crippen LogP contribution in [0.1, 0.15) is 12.0 Å². The van der Waals surface area contributed by atoms with Crippen LogP contribution in [0.5, 0.6) is 11.5 Å². The first-order chi connectivity index (χ1) is 7.29. The predicted octanol–water partition coefficient (Wildman–Crippen LogP) is 0.839. The Morgan fingerprint density at radius 3 is 2.93 bits per heavy atom. The van der Waals surface area contributed by atoms with Crippen LogP contribution in [-0.4, -0.2) is 25.3 Å². The Morgan fingerprint density at radius 2 is 2.27 bits per heavy atom. The number of nitrogens with one attached hydrogen (secondary N) is 1. The number of benzene rings is 1. The van der Waals surface area contributed by atoms with Gasteiger partial charge in [0.15, 0.2) is 11.5 Å². The number of para-hydroxylation sites is 1. The van der Waals surface area contributed by atoms with Gasteiger partial charge in [0.25, 0.3) is 0 Å². The van der Waals surface area contributed by atoms with E-state index in [9.17, 15) is 5.11 Å². The molecular weight excluding hydrogens is 192 g/mol. The molecule has 0 amide bonds. The van der Waals surface area contributed by atoms with Crippen LogP contribution in [0.15, 0.2) is 18.2 Å². The maximum atomic E-state index is 9.76. The second-order valence-electron chi connectivity index (χ2n) is 3.29. The summed E-state index contributed by atoms with van der Waals surface area (Å²) in [6.07, 6.45) is 0.935. The van der Waals surface area contributed by atoms with Crippen LogP contribution in [0.4, 0.5) is 0 Å². The molecule has 4 nitrogen and oxygen atoms in total. The maximum Gasteiger partial charge on any atom is 0.162 e. The van der Waals surface area contributed by atoms with Gasteiger partial charge in [0.05, 0.1) is 7.11 Å². The highest BCUT2D eigenvalue weighted by atomic mass is 16.5. The topological polar surface area (TPSA) is 67.5 Å². The van der Waals surface area contributed by atoms with Gasteiger partial charge in [-0.25, -0.2) is 0 Å². The van der Waals surface area contributed by atoms with Gasteiger partial charge in [0.2, 0.25) is 0 Å². The molecule has 4 N–H and O–H groups in total. The Balaban J connectivity index is 2.53. The third kappa shape index (κ3) is 3.42. The van der Waals surface area contributed by atoms with Crippen LogP contribution in [0.3, 0.4) is 0 Å². The van der Waals surface area contributed by atoms with Crippen molar-refractivity contribution in [2.45, 2.75) is 13.0 Å². The molecule has 1 aromatic rings. The Kier molecular flexibility index (Phi) is 4.93. The molecule has 0 aliphatic carbocycles. The van der Waals surface area contributed by atoms with Crippen LogP contribution >= 0.6 is 0 Å². The SMILES string of the molecule is COc1cccc(CNCCCN)c1O. The summed E-state index contributed by atoms with van der Waals surface area (Å²) in [5.74, 6) is 0.716. The lowest BCUT2D eigenvalue weighted by atomic mass is 10.2. The van der Waals surface area contributed by atoms with Gasteiger partial charge < -0.3 is 20.9 Å². The highest BCUT2D eigenvalue weighted by Crippen LogP contribution is 2.28. The highest BCUT2D eigenvalue weighted by molar-refractivity contribution is 5.45. The first-order valence-electron chi connectivity index (χ1n) is 5.05. The summed E-state index contributed by atoms with van der Waals surface area (Å²) in [5.41, 5.74) is 6.21. The largest absolute Gasteiger partial charge is 0.504 e. The molecule has 1 rings (SSSR count). The third-order valence-corrected chi connectivity index (χ3v) is 2.18. The first kappa shape index (κ1) is 11.8. The van der Waals surface area contributed by atoms with E-state index in [-0.39, 0.29) is 5.75 Å². The standard InChI is InChI=1S/C11H18N2O2/c1-15-10-5-2-4-9(11(10)14)8-13-7-3-6-12/h2,4-5,13-14H,3,6-8,12H2,1H3. The number of rotatable bonds is 6. The lowest BCUT2D eigenvalue weighted by Crippen LogP contribution is -2.17. The average molecular weight is 210 g/mol. The van der Waals surface area contributed by atoms with Crippen molar-refractivity contribution in [2.24, 2.45) is 5.73 Å². The van der Waals surface area contributed by atoms with E-state index in [2.05, 4.69) is 5.32 Å². The average Bonchev–Trinajstić information content (AvgIpc) is 2.26. The number of nitrogens with two attached hydrogens (primary N) is 1. The van der Waals surface area contributed by atoms with Crippen LogP contribution in [0, 0.1) is 0 Å². The van der Waals surface area contributed by atoms with Crippen LogP contribution in [0.2, 0.25) is 0 Å². The minimum atomic E-state index is 0.209. The van der Waals surface area contributed by atoms with Crippen molar-refractivity contribution in [3.63, 3.8) is 0 Å². The molecular formula is C11H18N2O2. The molecule has 0 aliphatic heterocycles. The molecule has 84 valence electrons. The summed E-state index contributed by atoms with van der Waals surface area (Å²) >= 11 is 0. The van der Waals surface area contributed by atoms with Gasteiger partial charge in [0, 0.05) is 12.1 Å². The zero-order valence-corrected chi connectivity index (χ0v) is 8.99. The molecule has 4 heteroatoms. The van der Waals surface area contributed by atoms with Crippen molar-refractivity contribution in [1.29, 1.82) is 0 Å². The van der Waals surface area contributed by atoms with Gasteiger partial charge in [-0.3, -0.25) is 0 Å². The molecule has 0 fully saturated rings. The van der Waals surface area contributed by atoms with Gasteiger partial charge in [-0.15, -0.1) is 0 Å². The molecule has 0 heterocycles. The molecule has 0 unspecified atom stereocenters. The molecule has 0 bridgehead atoms. The second kappa shape index (κ2) is 6.27. The Hall–Kier alpha value is -1.26. The Morgan fingerprint density at radius 1 is 1.47 bits per heavy atom.